The smallest absolute Gasteiger partial charge is 0.122 e. The minimum atomic E-state index is -0.143. The van der Waals surface area contributed by atoms with E-state index in [-0.39, 0.29) is 6.61 Å². The van der Waals surface area contributed by atoms with E-state index in [9.17, 15) is 0 Å². The molecule has 2 aromatic carbocycles. The summed E-state index contributed by atoms with van der Waals surface area (Å²) in [4.78, 5) is 0. The molecule has 3 nitrogen and oxygen atoms in total. The molecule has 0 atom stereocenters. The molecule has 21 heavy (non-hydrogen) atoms. The van der Waals surface area contributed by atoms with Crippen LogP contribution in [-0.2, 0) is 0 Å². The van der Waals surface area contributed by atoms with Crippen molar-refractivity contribution in [1.82, 2.24) is 0 Å². The molecular formula is C18H18O3. The average Bonchev–Trinajstić information content (AvgIpc) is 2.52. The molecule has 0 aliphatic rings. The Morgan fingerprint density at radius 3 is 2.38 bits per heavy atom. The summed E-state index contributed by atoms with van der Waals surface area (Å²) in [5, 5.41) is 8.67. The lowest BCUT2D eigenvalue weighted by molar-refractivity contribution is 0.217. The van der Waals surface area contributed by atoms with E-state index in [0.29, 0.717) is 13.2 Å². The topological polar surface area (TPSA) is 38.7 Å². The first-order chi connectivity index (χ1) is 10.3. The Morgan fingerprint density at radius 1 is 0.952 bits per heavy atom. The Morgan fingerprint density at radius 2 is 1.67 bits per heavy atom. The van der Waals surface area contributed by atoms with Crippen molar-refractivity contribution in [2.75, 3.05) is 19.8 Å². The predicted molar refractivity (Wildman–Crippen MR) is 82.6 cm³/mol. The lowest BCUT2D eigenvalue weighted by atomic mass is 10.2. The second-order valence-corrected chi connectivity index (χ2v) is 4.50. The molecule has 0 unspecified atom stereocenters. The zero-order valence-corrected chi connectivity index (χ0v) is 12.0. The van der Waals surface area contributed by atoms with E-state index in [0.717, 1.165) is 17.1 Å². The third-order valence-corrected chi connectivity index (χ3v) is 2.79. The van der Waals surface area contributed by atoms with Crippen molar-refractivity contribution in [3.8, 4) is 23.3 Å². The standard InChI is InChI=1S/C18H18O3/c1-15-7-9-17(10-8-15)20-12-13-21-18-6-2-4-16(14-18)5-3-11-19/h2,4,6-10,14,19H,11-13H2,1H3. The zero-order valence-electron chi connectivity index (χ0n) is 12.0. The fourth-order valence-corrected chi connectivity index (χ4v) is 1.76. The molecule has 0 bridgehead atoms. The predicted octanol–water partition coefficient (Wildman–Crippen LogP) is 2.80. The number of ether oxygens (including phenoxy) is 2. The number of benzene rings is 2. The summed E-state index contributed by atoms with van der Waals surface area (Å²) in [5.41, 5.74) is 2.03. The summed E-state index contributed by atoms with van der Waals surface area (Å²) in [5.74, 6) is 7.04. The van der Waals surface area contributed by atoms with Crippen molar-refractivity contribution in [1.29, 1.82) is 0 Å². The number of aliphatic hydroxyl groups excluding tert-OH is 1. The van der Waals surface area contributed by atoms with E-state index in [2.05, 4.69) is 11.8 Å². The first-order valence-electron chi connectivity index (χ1n) is 6.80. The Kier molecular flexibility index (Phi) is 5.69. The van der Waals surface area contributed by atoms with Gasteiger partial charge in [0, 0.05) is 5.56 Å². The number of aliphatic hydroxyl groups is 1. The zero-order chi connectivity index (χ0) is 14.9. The Balaban J connectivity index is 1.79. The van der Waals surface area contributed by atoms with Crippen LogP contribution in [0.15, 0.2) is 48.5 Å². The average molecular weight is 282 g/mol. The second-order valence-electron chi connectivity index (χ2n) is 4.50. The van der Waals surface area contributed by atoms with Gasteiger partial charge in [-0.1, -0.05) is 35.6 Å². The molecule has 3 heteroatoms. The Bertz CT molecular complexity index is 621. The lowest BCUT2D eigenvalue weighted by Crippen LogP contribution is -2.09. The van der Waals surface area contributed by atoms with Crippen LogP contribution in [0.25, 0.3) is 0 Å². The highest BCUT2D eigenvalue weighted by Crippen LogP contribution is 2.13. The van der Waals surface area contributed by atoms with E-state index in [1.54, 1.807) is 0 Å². The molecule has 0 spiro atoms. The van der Waals surface area contributed by atoms with Gasteiger partial charge < -0.3 is 14.6 Å². The minimum absolute atomic E-state index is 0.143. The van der Waals surface area contributed by atoms with E-state index >= 15 is 0 Å². The summed E-state index contributed by atoms with van der Waals surface area (Å²) >= 11 is 0. The van der Waals surface area contributed by atoms with Gasteiger partial charge in [0.25, 0.3) is 0 Å². The van der Waals surface area contributed by atoms with Crippen LogP contribution in [0.1, 0.15) is 11.1 Å². The van der Waals surface area contributed by atoms with Gasteiger partial charge >= 0.3 is 0 Å². The second kappa shape index (κ2) is 7.98. The quantitative estimate of drug-likeness (QED) is 0.677. The summed E-state index contributed by atoms with van der Waals surface area (Å²) in [6.07, 6.45) is 0. The highest BCUT2D eigenvalue weighted by atomic mass is 16.5. The summed E-state index contributed by atoms with van der Waals surface area (Å²) in [7, 11) is 0. The van der Waals surface area contributed by atoms with Gasteiger partial charge in [-0.25, -0.2) is 0 Å². The van der Waals surface area contributed by atoms with Crippen molar-refractivity contribution in [3.63, 3.8) is 0 Å². The molecule has 1 N–H and O–H groups in total. The van der Waals surface area contributed by atoms with Crippen molar-refractivity contribution < 1.29 is 14.6 Å². The van der Waals surface area contributed by atoms with Gasteiger partial charge in [-0.2, -0.15) is 0 Å². The van der Waals surface area contributed by atoms with E-state index in [4.69, 9.17) is 14.6 Å². The first-order valence-corrected chi connectivity index (χ1v) is 6.80. The van der Waals surface area contributed by atoms with Crippen LogP contribution in [0.3, 0.4) is 0 Å². The monoisotopic (exact) mass is 282 g/mol. The van der Waals surface area contributed by atoms with Crippen LogP contribution < -0.4 is 9.47 Å². The molecule has 0 aliphatic carbocycles. The van der Waals surface area contributed by atoms with E-state index in [1.165, 1.54) is 5.56 Å². The summed E-state index contributed by atoms with van der Waals surface area (Å²) in [6.45, 7) is 2.84. The maximum absolute atomic E-state index is 8.67. The summed E-state index contributed by atoms with van der Waals surface area (Å²) < 4.78 is 11.2. The Hall–Kier alpha value is -2.44. The van der Waals surface area contributed by atoms with Crippen LogP contribution in [0.5, 0.6) is 11.5 Å². The number of hydrogen-bond donors (Lipinski definition) is 1. The van der Waals surface area contributed by atoms with Crippen LogP contribution >= 0.6 is 0 Å². The largest absolute Gasteiger partial charge is 0.490 e. The summed E-state index contributed by atoms with van der Waals surface area (Å²) in [6, 6.07) is 15.4. The normalized spacial score (nSPS) is 9.62. The molecule has 0 amide bonds. The Labute approximate surface area is 125 Å². The van der Waals surface area contributed by atoms with Gasteiger partial charge in [0.05, 0.1) is 0 Å². The van der Waals surface area contributed by atoms with Gasteiger partial charge in [-0.15, -0.1) is 0 Å². The van der Waals surface area contributed by atoms with Crippen molar-refractivity contribution in [2.45, 2.75) is 6.92 Å². The molecule has 108 valence electrons. The molecule has 2 rings (SSSR count). The maximum atomic E-state index is 8.67. The van der Waals surface area contributed by atoms with Gasteiger partial charge in [0.15, 0.2) is 0 Å². The fraction of sp³-hybridized carbons (Fsp3) is 0.222. The molecule has 0 aromatic heterocycles. The van der Waals surface area contributed by atoms with Crippen LogP contribution in [-0.4, -0.2) is 24.9 Å². The van der Waals surface area contributed by atoms with Crippen molar-refractivity contribution in [2.24, 2.45) is 0 Å². The van der Waals surface area contributed by atoms with Crippen molar-refractivity contribution in [3.05, 3.63) is 59.7 Å². The maximum Gasteiger partial charge on any atom is 0.122 e. The SMILES string of the molecule is Cc1ccc(OCCOc2cccc(C#CCO)c2)cc1. The first kappa shape index (κ1) is 15.0. The van der Waals surface area contributed by atoms with Gasteiger partial charge in [0.2, 0.25) is 0 Å². The van der Waals surface area contributed by atoms with Gasteiger partial charge in [0.1, 0.15) is 31.3 Å². The van der Waals surface area contributed by atoms with Crippen LogP contribution in [0.4, 0.5) is 0 Å². The molecule has 0 aliphatic heterocycles. The molecule has 0 heterocycles. The molecular weight excluding hydrogens is 264 g/mol. The molecule has 0 radical (unpaired) electrons. The number of hydrogen-bond acceptors (Lipinski definition) is 3. The number of rotatable bonds is 5. The van der Waals surface area contributed by atoms with Crippen molar-refractivity contribution >= 4 is 0 Å². The van der Waals surface area contributed by atoms with Gasteiger partial charge in [-0.05, 0) is 37.3 Å². The third-order valence-electron chi connectivity index (χ3n) is 2.79. The molecule has 0 fully saturated rings. The highest BCUT2D eigenvalue weighted by Gasteiger charge is 1.97. The lowest BCUT2D eigenvalue weighted by Gasteiger charge is -2.08. The molecule has 2 aromatic rings. The van der Waals surface area contributed by atoms with Crippen LogP contribution in [0, 0.1) is 18.8 Å². The van der Waals surface area contributed by atoms with E-state index in [1.807, 2.05) is 55.5 Å². The number of aryl methyl sites for hydroxylation is 1. The molecule has 0 saturated heterocycles. The van der Waals surface area contributed by atoms with Gasteiger partial charge in [-0.3, -0.25) is 0 Å². The minimum Gasteiger partial charge on any atom is -0.490 e. The van der Waals surface area contributed by atoms with Crippen LogP contribution in [0.2, 0.25) is 0 Å². The fourth-order valence-electron chi connectivity index (χ4n) is 1.76. The highest BCUT2D eigenvalue weighted by molar-refractivity contribution is 5.39. The third kappa shape index (κ3) is 5.21. The van der Waals surface area contributed by atoms with E-state index < -0.39 is 0 Å². The molecule has 0 saturated carbocycles.